The molecule has 0 N–H and O–H groups in total. The van der Waals surface area contributed by atoms with E-state index in [1.807, 2.05) is 6.20 Å². The van der Waals surface area contributed by atoms with Crippen LogP contribution in [0.2, 0.25) is 19.6 Å². The molecule has 0 spiro atoms. The monoisotopic (exact) mass is 367 g/mol. The van der Waals surface area contributed by atoms with Gasteiger partial charge in [0, 0.05) is 14.5 Å². The van der Waals surface area contributed by atoms with Gasteiger partial charge in [0.2, 0.25) is 0 Å². The Morgan fingerprint density at radius 2 is 1.69 bits per heavy atom. The second-order valence-corrected chi connectivity index (χ2v) is 14.9. The van der Waals surface area contributed by atoms with Gasteiger partial charge in [-0.15, -0.1) is 0 Å². The maximum atomic E-state index is 9.02. The summed E-state index contributed by atoms with van der Waals surface area (Å²) >= 11 is 0. The largest absolute Gasteiger partial charge is 0.256 e. The first kappa shape index (κ1) is 16.7. The van der Waals surface area contributed by atoms with Crippen molar-refractivity contribution in [3.05, 3.63) is 47.7 Å². The molecule has 1 aliphatic rings. The van der Waals surface area contributed by atoms with Crippen LogP contribution in [0.25, 0.3) is 11.3 Å². The predicted molar refractivity (Wildman–Crippen MR) is 117 cm³/mol. The number of aromatic nitrogens is 1. The summed E-state index contributed by atoms with van der Waals surface area (Å²) in [7, 11) is -1.70. The first-order valence-electron chi connectivity index (χ1n) is 11.0. The van der Waals surface area contributed by atoms with E-state index in [0.717, 1.165) is 42.5 Å². The van der Waals surface area contributed by atoms with E-state index >= 15 is 0 Å². The zero-order valence-electron chi connectivity index (χ0n) is 19.3. The van der Waals surface area contributed by atoms with E-state index in [9.17, 15) is 0 Å². The van der Waals surface area contributed by atoms with Gasteiger partial charge in [-0.05, 0) is 40.1 Å². The van der Waals surface area contributed by atoms with Crippen LogP contribution in [0, 0.1) is 5.92 Å². The van der Waals surface area contributed by atoms with Crippen molar-refractivity contribution in [2.24, 2.45) is 5.92 Å². The normalized spacial score (nSPS) is 17.9. The minimum atomic E-state index is -1.70. The van der Waals surface area contributed by atoms with Gasteiger partial charge < -0.3 is 0 Å². The number of hydrogen-bond acceptors (Lipinski definition) is 1. The van der Waals surface area contributed by atoms with Gasteiger partial charge in [-0.3, -0.25) is 4.98 Å². The topological polar surface area (TPSA) is 12.9 Å². The van der Waals surface area contributed by atoms with Gasteiger partial charge in [-0.2, -0.15) is 0 Å². The molecule has 2 aromatic rings. The zero-order valence-corrected chi connectivity index (χ0v) is 18.3. The van der Waals surface area contributed by atoms with Crippen LogP contribution in [-0.4, -0.2) is 13.1 Å². The van der Waals surface area contributed by atoms with Crippen LogP contribution in [-0.2, 0) is 11.8 Å². The highest BCUT2D eigenvalue weighted by atomic mass is 28.3. The highest BCUT2D eigenvalue weighted by Crippen LogP contribution is 2.30. The van der Waals surface area contributed by atoms with Crippen molar-refractivity contribution < 1.29 is 2.74 Å². The Hall–Kier alpha value is -1.41. The first-order valence-corrected chi connectivity index (χ1v) is 13.5. The maximum Gasteiger partial charge on any atom is 0.0799 e. The second kappa shape index (κ2) is 7.30. The molecule has 0 unspecified atom stereocenters. The van der Waals surface area contributed by atoms with E-state index in [1.165, 1.54) is 10.8 Å². The molecular weight excluding hydrogens is 330 g/mol. The van der Waals surface area contributed by atoms with Crippen molar-refractivity contribution in [1.29, 1.82) is 0 Å². The Labute approximate surface area is 164 Å². The Kier molecular flexibility index (Phi) is 4.70. The summed E-state index contributed by atoms with van der Waals surface area (Å²) in [6, 6.07) is 10.7. The molecule has 1 aromatic carbocycles. The van der Waals surface area contributed by atoms with E-state index in [0.29, 0.717) is 0 Å². The van der Waals surface area contributed by atoms with Crippen LogP contribution in [0.5, 0.6) is 0 Å². The standard InChI is InChI=1S/C24H35NSi/c1-24(2,3)21-13-11-19(12-14-21)22-16-20(15-18-9-7-8-10-18)23(17-25-22)26(4,5)6/h11-14,16-18H,7-10,15H2,1-6H3/i15D2. The average Bonchev–Trinajstić information content (AvgIpc) is 3.15. The molecule has 1 fully saturated rings. The maximum absolute atomic E-state index is 9.02. The lowest BCUT2D eigenvalue weighted by molar-refractivity contribution is 0.547. The molecule has 0 atom stereocenters. The molecule has 1 aromatic heterocycles. The minimum Gasteiger partial charge on any atom is -0.256 e. The van der Waals surface area contributed by atoms with Gasteiger partial charge in [0.25, 0.3) is 0 Å². The molecule has 0 aliphatic heterocycles. The fourth-order valence-corrected chi connectivity index (χ4v) is 5.17. The van der Waals surface area contributed by atoms with Crippen molar-refractivity contribution in [3.63, 3.8) is 0 Å². The Bertz CT molecular complexity index is 823. The molecule has 0 radical (unpaired) electrons. The summed E-state index contributed by atoms with van der Waals surface area (Å²) in [6.45, 7) is 13.5. The fourth-order valence-electron chi connectivity index (χ4n) is 3.76. The SMILES string of the molecule is [2H]C([2H])(c1cc(-c2ccc(C(C)(C)C)cc2)ncc1[Si](C)(C)C)C1CCCC1. The molecular formula is C24H35NSi. The Morgan fingerprint density at radius 3 is 2.23 bits per heavy atom. The van der Waals surface area contributed by atoms with Gasteiger partial charge in [0.1, 0.15) is 0 Å². The molecule has 1 nitrogen and oxygen atoms in total. The molecule has 0 bridgehead atoms. The zero-order chi connectivity index (χ0) is 20.7. The fraction of sp³-hybridized carbons (Fsp3) is 0.542. The molecule has 1 heterocycles. The Morgan fingerprint density at radius 1 is 1.08 bits per heavy atom. The number of nitrogens with zero attached hydrogens (tertiary/aromatic N) is 1. The lowest BCUT2D eigenvalue weighted by Crippen LogP contribution is -2.41. The van der Waals surface area contributed by atoms with Gasteiger partial charge in [0.05, 0.1) is 13.8 Å². The smallest absolute Gasteiger partial charge is 0.0799 e. The molecule has 1 aliphatic carbocycles. The van der Waals surface area contributed by atoms with Crippen LogP contribution in [0.15, 0.2) is 36.5 Å². The quantitative estimate of drug-likeness (QED) is 0.576. The summed E-state index contributed by atoms with van der Waals surface area (Å²) in [5, 5.41) is 1.17. The molecule has 26 heavy (non-hydrogen) atoms. The molecule has 1 saturated carbocycles. The van der Waals surface area contributed by atoms with Gasteiger partial charge >= 0.3 is 0 Å². The Balaban J connectivity index is 2.07. The lowest BCUT2D eigenvalue weighted by Gasteiger charge is -2.23. The van der Waals surface area contributed by atoms with Crippen molar-refractivity contribution in [1.82, 2.24) is 4.98 Å². The van der Waals surface area contributed by atoms with Crippen LogP contribution >= 0.6 is 0 Å². The van der Waals surface area contributed by atoms with Crippen molar-refractivity contribution in [3.8, 4) is 11.3 Å². The number of benzene rings is 1. The van der Waals surface area contributed by atoms with Crippen LogP contribution < -0.4 is 5.19 Å². The third-order valence-corrected chi connectivity index (χ3v) is 7.49. The third-order valence-electron chi connectivity index (χ3n) is 5.47. The summed E-state index contributed by atoms with van der Waals surface area (Å²) in [6.07, 6.45) is 4.99. The summed E-state index contributed by atoms with van der Waals surface area (Å²) < 4.78 is 18.0. The number of pyridine rings is 1. The van der Waals surface area contributed by atoms with E-state index in [1.54, 1.807) is 0 Å². The van der Waals surface area contributed by atoms with E-state index in [-0.39, 0.29) is 11.3 Å². The van der Waals surface area contributed by atoms with Crippen LogP contribution in [0.3, 0.4) is 0 Å². The highest BCUT2D eigenvalue weighted by molar-refractivity contribution is 6.89. The summed E-state index contributed by atoms with van der Waals surface area (Å²) in [5.74, 6) is 0.126. The second-order valence-electron chi connectivity index (χ2n) is 9.82. The van der Waals surface area contributed by atoms with Crippen LogP contribution in [0.4, 0.5) is 0 Å². The molecule has 2 heteroatoms. The van der Waals surface area contributed by atoms with Crippen LogP contribution in [0.1, 0.15) is 60.3 Å². The first-order chi connectivity index (χ1) is 12.9. The van der Waals surface area contributed by atoms with Gasteiger partial charge in [0.15, 0.2) is 0 Å². The lowest BCUT2D eigenvalue weighted by atomic mass is 9.86. The number of hydrogen-bond donors (Lipinski definition) is 0. The van der Waals surface area contributed by atoms with Crippen molar-refractivity contribution in [2.45, 2.75) is 77.9 Å². The minimum absolute atomic E-state index is 0.124. The number of rotatable bonds is 4. The molecule has 0 amide bonds. The molecule has 0 saturated heterocycles. The van der Waals surface area contributed by atoms with Crippen molar-refractivity contribution >= 4 is 13.3 Å². The summed E-state index contributed by atoms with van der Waals surface area (Å²) in [5.41, 5.74) is 4.27. The average molecular weight is 368 g/mol. The third kappa shape index (κ3) is 4.46. The highest BCUT2D eigenvalue weighted by Gasteiger charge is 2.24. The van der Waals surface area contributed by atoms with E-state index in [4.69, 9.17) is 7.73 Å². The predicted octanol–water partition coefficient (Wildman–Crippen LogP) is 6.32. The van der Waals surface area contributed by atoms with E-state index < -0.39 is 14.4 Å². The van der Waals surface area contributed by atoms with Gasteiger partial charge in [-0.25, -0.2) is 0 Å². The van der Waals surface area contributed by atoms with Crippen molar-refractivity contribution in [2.75, 3.05) is 0 Å². The van der Waals surface area contributed by atoms with E-state index in [2.05, 4.69) is 70.7 Å². The molecule has 140 valence electrons. The van der Waals surface area contributed by atoms with Gasteiger partial charge in [-0.1, -0.05) is 90.4 Å². The summed E-state index contributed by atoms with van der Waals surface area (Å²) in [4.78, 5) is 4.78. The molecule has 3 rings (SSSR count).